The summed E-state index contributed by atoms with van der Waals surface area (Å²) >= 11 is 1.69. The van der Waals surface area contributed by atoms with Gasteiger partial charge in [0.15, 0.2) is 0 Å². The van der Waals surface area contributed by atoms with Gasteiger partial charge in [-0.15, -0.1) is 0 Å². The summed E-state index contributed by atoms with van der Waals surface area (Å²) in [4.78, 5) is 23.3. The average molecular weight is 427 g/mol. The minimum Gasteiger partial charge on any atom is -0.481 e. The Bertz CT molecular complexity index is 541. The monoisotopic (exact) mass is 426 g/mol. The summed E-state index contributed by atoms with van der Waals surface area (Å²) < 4.78 is 0. The van der Waals surface area contributed by atoms with Gasteiger partial charge >= 0.3 is 5.97 Å². The van der Waals surface area contributed by atoms with Gasteiger partial charge in [-0.1, -0.05) is 50.7 Å². The van der Waals surface area contributed by atoms with Crippen molar-refractivity contribution in [2.75, 3.05) is 12.4 Å². The van der Waals surface area contributed by atoms with Crippen molar-refractivity contribution in [2.45, 2.75) is 94.3 Å². The van der Waals surface area contributed by atoms with Crippen LogP contribution in [0.5, 0.6) is 0 Å². The molecular weight excluding hydrogens is 388 g/mol. The highest BCUT2D eigenvalue weighted by Gasteiger charge is 2.40. The van der Waals surface area contributed by atoms with Crippen molar-refractivity contribution in [1.29, 1.82) is 0 Å². The van der Waals surface area contributed by atoms with Crippen LogP contribution in [-0.2, 0) is 9.59 Å². The number of carbonyl (C=O) groups excluding carboxylic acids is 1. The molecule has 166 valence electrons. The number of carboxylic acids is 1. The van der Waals surface area contributed by atoms with Crippen LogP contribution in [0.4, 0.5) is 0 Å². The topological polar surface area (TPSA) is 94.8 Å². The number of carboxylic acid groups (broad SMARTS) is 1. The van der Waals surface area contributed by atoms with Crippen molar-refractivity contribution in [3.05, 3.63) is 12.2 Å². The molecule has 0 aromatic carbocycles. The Balaban J connectivity index is 1.89. The first-order chi connectivity index (χ1) is 13.9. The van der Waals surface area contributed by atoms with E-state index in [9.17, 15) is 19.8 Å². The van der Waals surface area contributed by atoms with Gasteiger partial charge in [0, 0.05) is 29.8 Å². The molecule has 0 bridgehead atoms. The van der Waals surface area contributed by atoms with Gasteiger partial charge in [-0.3, -0.25) is 9.59 Å². The number of hydrogen-bond acceptors (Lipinski definition) is 5. The molecule has 0 aliphatic heterocycles. The zero-order valence-electron chi connectivity index (χ0n) is 17.6. The highest BCUT2D eigenvalue weighted by atomic mass is 32.2. The van der Waals surface area contributed by atoms with E-state index in [4.69, 9.17) is 5.11 Å². The van der Waals surface area contributed by atoms with Crippen LogP contribution >= 0.6 is 11.8 Å². The molecule has 2 aliphatic rings. The Hall–Kier alpha value is -0.850. The number of thioether (sulfide) groups is 1. The van der Waals surface area contributed by atoms with Crippen molar-refractivity contribution in [3.8, 4) is 0 Å². The maximum Gasteiger partial charge on any atom is 0.303 e. The van der Waals surface area contributed by atoms with Crippen LogP contribution in [0.3, 0.4) is 0 Å². The third-order valence-electron chi connectivity index (χ3n) is 6.43. The Labute approximate surface area is 179 Å². The number of hydrogen-bond donors (Lipinski definition) is 3. The van der Waals surface area contributed by atoms with E-state index in [1.165, 1.54) is 6.42 Å². The van der Waals surface area contributed by atoms with E-state index in [1.54, 1.807) is 11.8 Å². The minimum atomic E-state index is -0.746. The number of Topliss-reactive ketones (excluding diaryl/α,β-unsaturated/α-hetero) is 1. The maximum atomic E-state index is 12.7. The summed E-state index contributed by atoms with van der Waals surface area (Å²) in [5.74, 6) is 0.406. The first-order valence-electron chi connectivity index (χ1n) is 11.3. The highest BCUT2D eigenvalue weighted by Crippen LogP contribution is 2.41. The molecule has 2 fully saturated rings. The van der Waals surface area contributed by atoms with E-state index < -0.39 is 11.6 Å². The van der Waals surface area contributed by atoms with Crippen molar-refractivity contribution < 1.29 is 24.9 Å². The second-order valence-electron chi connectivity index (χ2n) is 8.75. The summed E-state index contributed by atoms with van der Waals surface area (Å²) in [6.45, 7) is 0.125. The van der Waals surface area contributed by atoms with E-state index in [0.717, 1.165) is 51.4 Å². The van der Waals surface area contributed by atoms with Crippen molar-refractivity contribution in [1.82, 2.24) is 0 Å². The van der Waals surface area contributed by atoms with Crippen LogP contribution in [0.25, 0.3) is 0 Å². The molecule has 0 heterocycles. The lowest BCUT2D eigenvalue weighted by molar-refractivity contribution is -0.137. The number of aliphatic carboxylic acids is 1. The van der Waals surface area contributed by atoms with Crippen LogP contribution in [0.15, 0.2) is 12.2 Å². The van der Waals surface area contributed by atoms with E-state index in [1.807, 2.05) is 0 Å². The molecule has 3 atom stereocenters. The van der Waals surface area contributed by atoms with Gasteiger partial charge in [0.1, 0.15) is 5.78 Å². The molecule has 2 rings (SSSR count). The normalized spacial score (nSPS) is 27.0. The standard InChI is InChI=1S/C23H38O5S/c24-15-16-29-21-17-20(25)18(9-4-1-2-5-11-22(26)27)19(21)10-8-14-23(28)12-6-3-7-13-23/h8,10,18-19,21,24,28H,1-7,9,11-17H2,(H,26,27)/t18-,19-,21-/m1/s1. The number of carbonyl (C=O) groups is 2. The Morgan fingerprint density at radius 1 is 1.14 bits per heavy atom. The van der Waals surface area contributed by atoms with E-state index >= 15 is 0 Å². The van der Waals surface area contributed by atoms with Crippen LogP contribution < -0.4 is 0 Å². The van der Waals surface area contributed by atoms with E-state index in [0.29, 0.717) is 30.8 Å². The Morgan fingerprint density at radius 3 is 2.55 bits per heavy atom. The largest absolute Gasteiger partial charge is 0.481 e. The number of ketones is 1. The molecular formula is C23H38O5S. The molecule has 3 N–H and O–H groups in total. The molecule has 0 aromatic rings. The lowest BCUT2D eigenvalue weighted by atomic mass is 9.82. The first kappa shape index (κ1) is 24.4. The third-order valence-corrected chi connectivity index (χ3v) is 7.76. The summed E-state index contributed by atoms with van der Waals surface area (Å²) in [7, 11) is 0. The SMILES string of the molecule is O=C(O)CCCCCC[C@H]1C(=O)C[C@@H](SCCO)[C@@H]1C=CCC1(O)CCCCC1. The number of unbranched alkanes of at least 4 members (excludes halogenated alkanes) is 3. The molecule has 2 aliphatic carbocycles. The second-order valence-corrected chi connectivity index (χ2v) is 10.1. The average Bonchev–Trinajstić information content (AvgIpc) is 2.98. The zero-order valence-corrected chi connectivity index (χ0v) is 18.4. The van der Waals surface area contributed by atoms with Gasteiger partial charge in [0.25, 0.3) is 0 Å². The molecule has 2 saturated carbocycles. The molecule has 0 spiro atoms. The predicted molar refractivity (Wildman–Crippen MR) is 117 cm³/mol. The lowest BCUT2D eigenvalue weighted by Gasteiger charge is -2.31. The Kier molecular flexibility index (Phi) is 10.7. The molecule has 6 heteroatoms. The number of allylic oxidation sites excluding steroid dienone is 1. The molecule has 0 amide bonds. The first-order valence-corrected chi connectivity index (χ1v) is 12.4. The Morgan fingerprint density at radius 2 is 1.86 bits per heavy atom. The molecule has 0 aromatic heterocycles. The van der Waals surface area contributed by atoms with E-state index in [-0.39, 0.29) is 30.1 Å². The van der Waals surface area contributed by atoms with Gasteiger partial charge in [-0.05, 0) is 38.0 Å². The van der Waals surface area contributed by atoms with Crippen LogP contribution in [-0.4, -0.2) is 50.3 Å². The summed E-state index contributed by atoms with van der Waals surface area (Å²) in [6.07, 6.45) is 15.2. The maximum absolute atomic E-state index is 12.7. The van der Waals surface area contributed by atoms with Gasteiger partial charge in [-0.25, -0.2) is 0 Å². The number of rotatable bonds is 13. The summed E-state index contributed by atoms with van der Waals surface area (Å²) in [5.41, 5.74) is -0.579. The van der Waals surface area contributed by atoms with Crippen molar-refractivity contribution in [3.63, 3.8) is 0 Å². The van der Waals surface area contributed by atoms with Crippen molar-refractivity contribution in [2.24, 2.45) is 11.8 Å². The number of aliphatic hydroxyl groups excluding tert-OH is 1. The molecule has 0 radical (unpaired) electrons. The van der Waals surface area contributed by atoms with Crippen LogP contribution in [0.1, 0.15) is 83.5 Å². The fourth-order valence-electron chi connectivity index (χ4n) is 4.80. The predicted octanol–water partition coefficient (Wildman–Crippen LogP) is 4.35. The van der Waals surface area contributed by atoms with Crippen LogP contribution in [0, 0.1) is 11.8 Å². The van der Waals surface area contributed by atoms with Crippen LogP contribution in [0.2, 0.25) is 0 Å². The molecule has 29 heavy (non-hydrogen) atoms. The van der Waals surface area contributed by atoms with Gasteiger partial charge in [-0.2, -0.15) is 11.8 Å². The third kappa shape index (κ3) is 8.42. The summed E-state index contributed by atoms with van der Waals surface area (Å²) in [5, 5.41) is 28.9. The van der Waals surface area contributed by atoms with Gasteiger partial charge in [0.2, 0.25) is 0 Å². The smallest absolute Gasteiger partial charge is 0.303 e. The lowest BCUT2D eigenvalue weighted by Crippen LogP contribution is -2.30. The number of aliphatic hydroxyl groups is 2. The van der Waals surface area contributed by atoms with Gasteiger partial charge < -0.3 is 15.3 Å². The van der Waals surface area contributed by atoms with Gasteiger partial charge in [0.05, 0.1) is 12.2 Å². The fourth-order valence-corrected chi connectivity index (χ4v) is 5.99. The molecule has 0 saturated heterocycles. The summed E-state index contributed by atoms with van der Waals surface area (Å²) in [6, 6.07) is 0. The highest BCUT2D eigenvalue weighted by molar-refractivity contribution is 8.00. The molecule has 5 nitrogen and oxygen atoms in total. The zero-order chi connectivity index (χ0) is 21.1. The van der Waals surface area contributed by atoms with Crippen molar-refractivity contribution >= 4 is 23.5 Å². The molecule has 0 unspecified atom stereocenters. The second kappa shape index (κ2) is 12.8. The van der Waals surface area contributed by atoms with E-state index in [2.05, 4.69) is 12.2 Å². The fraction of sp³-hybridized carbons (Fsp3) is 0.826. The quantitative estimate of drug-likeness (QED) is 0.299. The minimum absolute atomic E-state index is 0.0166.